The third-order valence-electron chi connectivity index (χ3n) is 4.58. The molecule has 0 radical (unpaired) electrons. The van der Waals surface area contributed by atoms with Crippen LogP contribution in [0.1, 0.15) is 45.1 Å². The molecular weight excluding hydrogens is 393 g/mol. The molecule has 29 heavy (non-hydrogen) atoms. The van der Waals surface area contributed by atoms with Crippen molar-refractivity contribution in [2.75, 3.05) is 12.0 Å². The molecule has 2 rings (SSSR count). The Bertz CT molecular complexity index is 783. The number of anilines is 1. The predicted molar refractivity (Wildman–Crippen MR) is 98.7 cm³/mol. The van der Waals surface area contributed by atoms with Crippen LogP contribution < -0.4 is 10.9 Å². The molecule has 2 amide bonds. The van der Waals surface area contributed by atoms with Crippen LogP contribution in [0, 0.1) is 16.0 Å². The lowest BCUT2D eigenvalue weighted by Crippen LogP contribution is -2.52. The molecule has 0 bridgehead atoms. The third kappa shape index (κ3) is 5.81. The summed E-state index contributed by atoms with van der Waals surface area (Å²) in [5.74, 6) is -0.624. The second-order valence-electron chi connectivity index (χ2n) is 7.29. The van der Waals surface area contributed by atoms with Crippen molar-refractivity contribution in [1.29, 1.82) is 0 Å². The molecule has 0 unspecified atom stereocenters. The van der Waals surface area contributed by atoms with Crippen LogP contribution >= 0.6 is 0 Å². The molecule has 0 spiro atoms. The molecule has 2 N–H and O–H groups in total. The van der Waals surface area contributed by atoms with E-state index in [2.05, 4.69) is 10.9 Å². The summed E-state index contributed by atoms with van der Waals surface area (Å²) in [6.45, 7) is 4.22. The molecule has 1 aromatic rings. The largest absolute Gasteiger partial charge is 0.416 e. The Morgan fingerprint density at radius 2 is 2.00 bits per heavy atom. The number of halogens is 3. The second kappa shape index (κ2) is 9.10. The Labute approximate surface area is 165 Å². The lowest BCUT2D eigenvalue weighted by atomic mass is 9.99. The second-order valence-corrected chi connectivity index (χ2v) is 7.29. The van der Waals surface area contributed by atoms with E-state index in [0.29, 0.717) is 31.5 Å². The first-order valence-corrected chi connectivity index (χ1v) is 9.21. The Hall–Kier alpha value is -2.85. The quantitative estimate of drug-likeness (QED) is 0.523. The van der Waals surface area contributed by atoms with Crippen molar-refractivity contribution in [3.8, 4) is 0 Å². The molecule has 1 aliphatic rings. The summed E-state index contributed by atoms with van der Waals surface area (Å²) in [7, 11) is 0. The highest BCUT2D eigenvalue weighted by molar-refractivity contribution is 5.89. The van der Waals surface area contributed by atoms with Gasteiger partial charge in [0.1, 0.15) is 11.7 Å². The number of hydrazine groups is 1. The van der Waals surface area contributed by atoms with Gasteiger partial charge < -0.3 is 4.90 Å². The minimum atomic E-state index is -4.73. The molecule has 0 saturated carbocycles. The number of benzene rings is 1. The van der Waals surface area contributed by atoms with E-state index in [9.17, 15) is 32.9 Å². The molecule has 1 heterocycles. The van der Waals surface area contributed by atoms with Crippen molar-refractivity contribution >= 4 is 23.2 Å². The van der Waals surface area contributed by atoms with E-state index in [1.54, 1.807) is 0 Å². The van der Waals surface area contributed by atoms with Crippen LogP contribution in [0.15, 0.2) is 18.2 Å². The fraction of sp³-hybridized carbons (Fsp3) is 0.556. The van der Waals surface area contributed by atoms with Crippen LogP contribution in [0.25, 0.3) is 0 Å². The first-order valence-electron chi connectivity index (χ1n) is 9.21. The summed E-state index contributed by atoms with van der Waals surface area (Å²) in [4.78, 5) is 36.6. The zero-order valence-corrected chi connectivity index (χ0v) is 16.1. The Kier molecular flexibility index (Phi) is 7.04. The number of likely N-dealkylation sites (tertiary alicyclic amines) is 1. The van der Waals surface area contributed by atoms with Crippen molar-refractivity contribution in [3.05, 3.63) is 33.9 Å². The van der Waals surface area contributed by atoms with Crippen LogP contribution in [0.4, 0.5) is 24.5 Å². The van der Waals surface area contributed by atoms with Gasteiger partial charge in [-0.05, 0) is 37.3 Å². The van der Waals surface area contributed by atoms with Gasteiger partial charge in [-0.15, -0.1) is 0 Å². The number of hydrogen-bond acceptors (Lipinski definition) is 5. The molecule has 1 saturated heterocycles. The Balaban J connectivity index is 2.18. The molecule has 0 aromatic heterocycles. The molecular formula is C18H23F3N4O4. The average Bonchev–Trinajstić information content (AvgIpc) is 2.63. The van der Waals surface area contributed by atoms with Crippen LogP contribution in [0.3, 0.4) is 0 Å². The van der Waals surface area contributed by atoms with Gasteiger partial charge in [-0.1, -0.05) is 13.8 Å². The fourth-order valence-electron chi connectivity index (χ4n) is 3.16. The normalized spacial score (nSPS) is 15.9. The van der Waals surface area contributed by atoms with Crippen molar-refractivity contribution in [2.24, 2.45) is 5.92 Å². The van der Waals surface area contributed by atoms with E-state index in [4.69, 9.17) is 0 Å². The van der Waals surface area contributed by atoms with E-state index in [0.717, 1.165) is 18.9 Å². The van der Waals surface area contributed by atoms with Gasteiger partial charge in [-0.2, -0.15) is 13.2 Å². The molecule has 1 atom stereocenters. The van der Waals surface area contributed by atoms with Gasteiger partial charge in [0.2, 0.25) is 5.91 Å². The van der Waals surface area contributed by atoms with Crippen molar-refractivity contribution in [1.82, 2.24) is 10.3 Å². The van der Waals surface area contributed by atoms with Crippen LogP contribution in [0.2, 0.25) is 0 Å². The number of nitro benzene ring substituents is 1. The Morgan fingerprint density at radius 3 is 2.55 bits per heavy atom. The molecule has 1 aliphatic heterocycles. The van der Waals surface area contributed by atoms with E-state index in [1.165, 1.54) is 4.90 Å². The predicted octanol–water partition coefficient (Wildman–Crippen LogP) is 3.48. The zero-order chi connectivity index (χ0) is 21.8. The fourth-order valence-corrected chi connectivity index (χ4v) is 3.16. The minimum absolute atomic E-state index is 0.0980. The SMILES string of the molecule is CC(C)C[C@@H](C(=O)NNc1ccc(C(F)(F)F)cc1[N+](=O)[O-])N1CCCCC1=O. The Morgan fingerprint density at radius 1 is 1.31 bits per heavy atom. The lowest BCUT2D eigenvalue weighted by Gasteiger charge is -2.34. The van der Waals surface area contributed by atoms with Crippen LogP contribution in [-0.4, -0.2) is 34.2 Å². The highest BCUT2D eigenvalue weighted by atomic mass is 19.4. The maximum absolute atomic E-state index is 12.8. The number of carbonyl (C=O) groups is 2. The number of rotatable bonds is 7. The number of nitrogens with one attached hydrogen (secondary N) is 2. The smallest absolute Gasteiger partial charge is 0.331 e. The van der Waals surface area contributed by atoms with Gasteiger partial charge >= 0.3 is 6.18 Å². The molecule has 160 valence electrons. The number of hydrogen-bond donors (Lipinski definition) is 2. The number of nitro groups is 1. The van der Waals surface area contributed by atoms with E-state index < -0.39 is 34.3 Å². The summed E-state index contributed by atoms with van der Waals surface area (Å²) in [5, 5.41) is 11.1. The van der Waals surface area contributed by atoms with Gasteiger partial charge in [0.25, 0.3) is 11.6 Å². The average molecular weight is 416 g/mol. The van der Waals surface area contributed by atoms with Gasteiger partial charge in [0.05, 0.1) is 10.5 Å². The summed E-state index contributed by atoms with van der Waals surface area (Å²) in [6, 6.07) is 1.18. The van der Waals surface area contributed by atoms with E-state index in [1.807, 2.05) is 13.8 Å². The molecule has 0 aliphatic carbocycles. The van der Waals surface area contributed by atoms with Gasteiger partial charge in [-0.3, -0.25) is 30.6 Å². The van der Waals surface area contributed by atoms with Crippen LogP contribution in [-0.2, 0) is 15.8 Å². The number of alkyl halides is 3. The first kappa shape index (κ1) is 22.4. The molecule has 1 fully saturated rings. The lowest BCUT2D eigenvalue weighted by molar-refractivity contribution is -0.384. The van der Waals surface area contributed by atoms with Crippen molar-refractivity contribution < 1.29 is 27.7 Å². The summed E-state index contributed by atoms with van der Waals surface area (Å²) in [6.07, 6.45) is -2.48. The number of carbonyl (C=O) groups excluding carboxylic acids is 2. The summed E-state index contributed by atoms with van der Waals surface area (Å²) < 4.78 is 38.4. The number of amides is 2. The molecule has 1 aromatic carbocycles. The van der Waals surface area contributed by atoms with Gasteiger partial charge in [0, 0.05) is 19.0 Å². The van der Waals surface area contributed by atoms with E-state index >= 15 is 0 Å². The highest BCUT2D eigenvalue weighted by Crippen LogP contribution is 2.34. The highest BCUT2D eigenvalue weighted by Gasteiger charge is 2.34. The number of piperidine rings is 1. The maximum atomic E-state index is 12.8. The standard InChI is InChI=1S/C18H23F3N4O4/c1-11(2)9-15(24-8-4-3-5-16(24)26)17(27)23-22-13-7-6-12(18(19,20)21)10-14(13)25(28)29/h6-7,10-11,15,22H,3-5,8-9H2,1-2H3,(H,23,27)/t15-/m0/s1. The third-order valence-corrected chi connectivity index (χ3v) is 4.58. The number of nitrogens with zero attached hydrogens (tertiary/aromatic N) is 2. The minimum Gasteiger partial charge on any atom is -0.331 e. The van der Waals surface area contributed by atoms with Crippen molar-refractivity contribution in [2.45, 2.75) is 51.7 Å². The van der Waals surface area contributed by atoms with E-state index in [-0.39, 0.29) is 17.5 Å². The molecule has 8 nitrogen and oxygen atoms in total. The molecule has 11 heteroatoms. The summed E-state index contributed by atoms with van der Waals surface area (Å²) in [5.41, 5.74) is 2.36. The van der Waals surface area contributed by atoms with Crippen molar-refractivity contribution in [3.63, 3.8) is 0 Å². The first-order chi connectivity index (χ1) is 13.5. The monoisotopic (exact) mass is 416 g/mol. The van der Waals surface area contributed by atoms with Crippen LogP contribution in [0.5, 0.6) is 0 Å². The topological polar surface area (TPSA) is 105 Å². The zero-order valence-electron chi connectivity index (χ0n) is 16.1. The van der Waals surface area contributed by atoms with Gasteiger partial charge in [-0.25, -0.2) is 0 Å². The maximum Gasteiger partial charge on any atom is 0.416 e. The summed E-state index contributed by atoms with van der Waals surface area (Å²) >= 11 is 0. The van der Waals surface area contributed by atoms with Gasteiger partial charge in [0.15, 0.2) is 0 Å².